The Morgan fingerprint density at radius 2 is 1.59 bits per heavy atom. The van der Waals surface area contributed by atoms with Gasteiger partial charge < -0.3 is 10.4 Å². The first kappa shape index (κ1) is 22.6. The Hall–Kier alpha value is -4.57. The average molecular weight is 455 g/mol. The third-order valence-electron chi connectivity index (χ3n) is 5.31. The smallest absolute Gasteiger partial charge is 0.325 e. The first-order valence-corrected chi connectivity index (χ1v) is 10.4. The van der Waals surface area contributed by atoms with Crippen LogP contribution in [0.25, 0.3) is 34.3 Å². The molecule has 3 aromatic carbocycles. The molecule has 7 heteroatoms. The van der Waals surface area contributed by atoms with Gasteiger partial charge in [-0.1, -0.05) is 48.6 Å². The molecule has 0 saturated carbocycles. The Morgan fingerprint density at radius 3 is 2.18 bits per heavy atom. The van der Waals surface area contributed by atoms with Crippen molar-refractivity contribution in [3.05, 3.63) is 95.1 Å². The zero-order valence-corrected chi connectivity index (χ0v) is 18.1. The molecule has 1 unspecified atom stereocenters. The topological polar surface area (TPSA) is 86.0 Å². The normalized spacial score (nSPS) is 11.9. The number of anilines is 1. The molecule has 168 valence electrons. The minimum Gasteiger partial charge on any atom is -0.480 e. The number of carbonyl (C=O) groups is 1. The lowest BCUT2D eigenvalue weighted by atomic mass is 9.99. The summed E-state index contributed by atoms with van der Waals surface area (Å²) in [6.45, 7) is 1.44. The fourth-order valence-corrected chi connectivity index (χ4v) is 3.50. The van der Waals surface area contributed by atoms with Crippen LogP contribution in [0.3, 0.4) is 0 Å². The van der Waals surface area contributed by atoms with E-state index in [0.717, 1.165) is 11.1 Å². The minimum absolute atomic E-state index is 0.126. The van der Waals surface area contributed by atoms with Gasteiger partial charge in [0.05, 0.1) is 16.9 Å². The molecule has 1 atom stereocenters. The molecular formula is C27H19F2N3O2. The highest BCUT2D eigenvalue weighted by Crippen LogP contribution is 2.34. The summed E-state index contributed by atoms with van der Waals surface area (Å²) in [4.78, 5) is 16.0. The average Bonchev–Trinajstić information content (AvgIpc) is 2.84. The second kappa shape index (κ2) is 9.51. The number of carboxylic acids is 1. The van der Waals surface area contributed by atoms with Gasteiger partial charge in [-0.25, -0.2) is 13.8 Å². The second-order valence-corrected chi connectivity index (χ2v) is 7.69. The van der Waals surface area contributed by atoms with Gasteiger partial charge >= 0.3 is 5.97 Å². The van der Waals surface area contributed by atoms with Crippen LogP contribution in [0, 0.1) is 23.0 Å². The van der Waals surface area contributed by atoms with E-state index in [1.54, 1.807) is 24.3 Å². The summed E-state index contributed by atoms with van der Waals surface area (Å²) in [6, 6.07) is 18.5. The highest BCUT2D eigenvalue weighted by Gasteiger charge is 2.20. The van der Waals surface area contributed by atoms with Crippen molar-refractivity contribution in [2.45, 2.75) is 13.0 Å². The van der Waals surface area contributed by atoms with Gasteiger partial charge in [0, 0.05) is 10.9 Å². The van der Waals surface area contributed by atoms with Gasteiger partial charge in [0.25, 0.3) is 0 Å². The number of pyridine rings is 1. The molecule has 0 bridgehead atoms. The zero-order valence-electron chi connectivity index (χ0n) is 18.1. The Kier molecular flexibility index (Phi) is 6.33. The van der Waals surface area contributed by atoms with Crippen molar-refractivity contribution >= 4 is 34.7 Å². The number of hydrogen-bond donors (Lipinski definition) is 2. The van der Waals surface area contributed by atoms with Crippen molar-refractivity contribution < 1.29 is 18.7 Å². The Balaban J connectivity index is 1.76. The van der Waals surface area contributed by atoms with Gasteiger partial charge in [0.1, 0.15) is 29.3 Å². The summed E-state index contributed by atoms with van der Waals surface area (Å²) < 4.78 is 27.0. The summed E-state index contributed by atoms with van der Waals surface area (Å²) in [6.07, 6.45) is 3.73. The number of rotatable bonds is 6. The lowest BCUT2D eigenvalue weighted by molar-refractivity contribution is -0.137. The Morgan fingerprint density at radius 1 is 1.00 bits per heavy atom. The van der Waals surface area contributed by atoms with Crippen molar-refractivity contribution in [1.82, 2.24) is 4.98 Å². The molecule has 5 nitrogen and oxygen atoms in total. The van der Waals surface area contributed by atoms with Crippen molar-refractivity contribution in [3.63, 3.8) is 0 Å². The third-order valence-corrected chi connectivity index (χ3v) is 5.31. The van der Waals surface area contributed by atoms with Gasteiger partial charge in [0.15, 0.2) is 0 Å². The molecule has 4 rings (SSSR count). The largest absolute Gasteiger partial charge is 0.480 e. The molecule has 0 aliphatic rings. The van der Waals surface area contributed by atoms with Gasteiger partial charge in [-0.2, -0.15) is 5.26 Å². The van der Waals surface area contributed by atoms with Crippen LogP contribution in [0.15, 0.2) is 66.7 Å². The third kappa shape index (κ3) is 4.76. The minimum atomic E-state index is -1.11. The molecule has 0 radical (unpaired) electrons. The number of benzene rings is 3. The molecular weight excluding hydrogens is 436 g/mol. The lowest BCUT2D eigenvalue weighted by Crippen LogP contribution is -2.26. The van der Waals surface area contributed by atoms with Gasteiger partial charge in [-0.15, -0.1) is 0 Å². The fourth-order valence-electron chi connectivity index (χ4n) is 3.50. The maximum absolute atomic E-state index is 14.0. The molecule has 0 aliphatic carbocycles. The number of carboxylic acid groups (broad SMARTS) is 1. The van der Waals surface area contributed by atoms with Gasteiger partial charge in [0.2, 0.25) is 0 Å². The van der Waals surface area contributed by atoms with Crippen molar-refractivity contribution in [2.75, 3.05) is 5.32 Å². The van der Waals surface area contributed by atoms with E-state index < -0.39 is 17.8 Å². The monoisotopic (exact) mass is 455 g/mol. The van der Waals surface area contributed by atoms with Crippen LogP contribution in [0.5, 0.6) is 0 Å². The number of aromatic nitrogens is 1. The summed E-state index contributed by atoms with van der Waals surface area (Å²) in [5, 5.41) is 22.4. The number of nitrogens with zero attached hydrogens (tertiary/aromatic N) is 2. The van der Waals surface area contributed by atoms with E-state index in [1.165, 1.54) is 37.3 Å². The molecule has 0 aliphatic heterocycles. The molecule has 0 amide bonds. The van der Waals surface area contributed by atoms with E-state index in [0.29, 0.717) is 22.2 Å². The van der Waals surface area contributed by atoms with Crippen LogP contribution in [0.1, 0.15) is 23.6 Å². The zero-order chi connectivity index (χ0) is 24.2. The summed E-state index contributed by atoms with van der Waals surface area (Å²) in [7, 11) is 0. The van der Waals surface area contributed by atoms with Crippen LogP contribution in [-0.2, 0) is 4.79 Å². The standard InChI is InChI=1S/C27H19F2N3O2/c1-16(27(33)34)31-26-22-14-21(29)12-13-24(22)32-25(23(26)15-30)19-8-4-17(5-9-19)2-3-18-6-10-20(28)11-7-18/h2-14,16H,1H3,(H,31,32)(H,33,34)/b3-2+. The van der Waals surface area contributed by atoms with E-state index in [1.807, 2.05) is 24.3 Å². The maximum Gasteiger partial charge on any atom is 0.325 e. The van der Waals surface area contributed by atoms with Crippen LogP contribution >= 0.6 is 0 Å². The number of fused-ring (bicyclic) bond motifs is 1. The van der Waals surface area contributed by atoms with Crippen molar-refractivity contribution in [3.8, 4) is 17.3 Å². The maximum atomic E-state index is 14.0. The summed E-state index contributed by atoms with van der Waals surface area (Å²) >= 11 is 0. The Bertz CT molecular complexity index is 1440. The van der Waals surface area contributed by atoms with Crippen LogP contribution in [-0.4, -0.2) is 22.1 Å². The molecule has 34 heavy (non-hydrogen) atoms. The van der Waals surface area contributed by atoms with E-state index in [-0.39, 0.29) is 17.1 Å². The lowest BCUT2D eigenvalue weighted by Gasteiger charge is -2.17. The van der Waals surface area contributed by atoms with Crippen molar-refractivity contribution in [1.29, 1.82) is 5.26 Å². The predicted molar refractivity (Wildman–Crippen MR) is 128 cm³/mol. The van der Waals surface area contributed by atoms with Crippen LogP contribution in [0.4, 0.5) is 14.5 Å². The molecule has 1 heterocycles. The van der Waals surface area contributed by atoms with E-state index in [4.69, 9.17) is 0 Å². The van der Waals surface area contributed by atoms with Gasteiger partial charge in [-0.05, 0) is 48.4 Å². The van der Waals surface area contributed by atoms with Gasteiger partial charge in [-0.3, -0.25) is 4.79 Å². The number of hydrogen-bond acceptors (Lipinski definition) is 4. The van der Waals surface area contributed by atoms with E-state index in [2.05, 4.69) is 16.4 Å². The van der Waals surface area contributed by atoms with Crippen LogP contribution < -0.4 is 5.32 Å². The highest BCUT2D eigenvalue weighted by atomic mass is 19.1. The highest BCUT2D eigenvalue weighted by molar-refractivity contribution is 5.99. The first-order chi connectivity index (χ1) is 16.4. The second-order valence-electron chi connectivity index (χ2n) is 7.69. The number of nitrogens with one attached hydrogen (secondary N) is 1. The molecule has 1 aromatic heterocycles. The summed E-state index contributed by atoms with van der Waals surface area (Å²) in [5.74, 6) is -1.93. The quantitative estimate of drug-likeness (QED) is 0.343. The van der Waals surface area contributed by atoms with Crippen LogP contribution in [0.2, 0.25) is 0 Å². The van der Waals surface area contributed by atoms with Crippen molar-refractivity contribution in [2.24, 2.45) is 0 Å². The van der Waals surface area contributed by atoms with E-state index >= 15 is 0 Å². The molecule has 2 N–H and O–H groups in total. The number of nitriles is 1. The number of aliphatic carboxylic acids is 1. The predicted octanol–water partition coefficient (Wildman–Crippen LogP) is 6.11. The molecule has 4 aromatic rings. The molecule has 0 saturated heterocycles. The first-order valence-electron chi connectivity index (χ1n) is 10.4. The van der Waals surface area contributed by atoms with E-state index in [9.17, 15) is 23.9 Å². The Labute approximate surface area is 194 Å². The molecule has 0 spiro atoms. The number of halogens is 2. The summed E-state index contributed by atoms with van der Waals surface area (Å²) in [5.41, 5.74) is 3.51. The molecule has 0 fully saturated rings. The fraction of sp³-hybridized carbons (Fsp3) is 0.0741. The SMILES string of the molecule is CC(Nc1c(C#N)c(-c2ccc(/C=C/c3ccc(F)cc3)cc2)nc2ccc(F)cc12)C(=O)O.